The van der Waals surface area contributed by atoms with Crippen LogP contribution in [0.5, 0.6) is 5.75 Å². The Labute approximate surface area is 170 Å². The van der Waals surface area contributed by atoms with Gasteiger partial charge in [-0.2, -0.15) is 4.31 Å². The Bertz CT molecular complexity index is 986. The van der Waals surface area contributed by atoms with Crippen molar-refractivity contribution in [3.63, 3.8) is 0 Å². The molecule has 0 unspecified atom stereocenters. The van der Waals surface area contributed by atoms with Gasteiger partial charge in [-0.15, -0.1) is 0 Å². The van der Waals surface area contributed by atoms with Crippen LogP contribution < -0.4 is 4.74 Å². The molecule has 0 spiro atoms. The predicted molar refractivity (Wildman–Crippen MR) is 108 cm³/mol. The first-order chi connectivity index (χ1) is 13.8. The van der Waals surface area contributed by atoms with Crippen molar-refractivity contribution in [3.05, 3.63) is 59.4 Å². The van der Waals surface area contributed by atoms with Crippen LogP contribution in [-0.2, 0) is 14.8 Å². The first-order valence-electron chi connectivity index (χ1n) is 9.51. The lowest BCUT2D eigenvalue weighted by molar-refractivity contribution is -0.132. The lowest BCUT2D eigenvalue weighted by atomic mass is 10.2. The zero-order valence-corrected chi connectivity index (χ0v) is 17.4. The number of hydrogen-bond donors (Lipinski definition) is 0. The van der Waals surface area contributed by atoms with Gasteiger partial charge in [0.1, 0.15) is 0 Å². The Kier molecular flexibility index (Phi) is 6.54. The summed E-state index contributed by atoms with van der Waals surface area (Å²) in [5.41, 5.74) is 1.73. The highest BCUT2D eigenvalue weighted by Gasteiger charge is 2.30. The van der Waals surface area contributed by atoms with E-state index in [2.05, 4.69) is 0 Å². The van der Waals surface area contributed by atoms with Crippen molar-refractivity contribution in [2.24, 2.45) is 0 Å². The van der Waals surface area contributed by atoms with Gasteiger partial charge in [0.25, 0.3) is 0 Å². The number of aryl methyl sites for hydroxylation is 2. The second kappa shape index (κ2) is 8.92. The monoisotopic (exact) mass is 420 g/mol. The number of ether oxygens (including phenoxy) is 1. The summed E-state index contributed by atoms with van der Waals surface area (Å²) >= 11 is 0. The molecule has 0 saturated carbocycles. The van der Waals surface area contributed by atoms with Crippen LogP contribution in [0.4, 0.5) is 4.39 Å². The fourth-order valence-electron chi connectivity index (χ4n) is 3.37. The molecule has 3 rings (SSSR count). The van der Waals surface area contributed by atoms with Crippen LogP contribution in [0.25, 0.3) is 0 Å². The van der Waals surface area contributed by atoms with E-state index in [1.54, 1.807) is 36.1 Å². The summed E-state index contributed by atoms with van der Waals surface area (Å²) in [6, 6.07) is 11.3. The molecular weight excluding hydrogens is 395 g/mol. The molecule has 1 aliphatic rings. The van der Waals surface area contributed by atoms with Crippen molar-refractivity contribution in [1.29, 1.82) is 0 Å². The van der Waals surface area contributed by atoms with Gasteiger partial charge in [0.05, 0.1) is 17.9 Å². The highest BCUT2D eigenvalue weighted by atomic mass is 32.2. The Hall–Kier alpha value is -2.45. The van der Waals surface area contributed by atoms with E-state index in [1.807, 2.05) is 13.0 Å². The van der Waals surface area contributed by atoms with Crippen molar-refractivity contribution < 1.29 is 22.3 Å². The van der Waals surface area contributed by atoms with Gasteiger partial charge in [-0.3, -0.25) is 4.79 Å². The second-order valence-corrected chi connectivity index (χ2v) is 8.99. The highest BCUT2D eigenvalue weighted by molar-refractivity contribution is 7.89. The zero-order valence-electron chi connectivity index (χ0n) is 16.6. The Balaban J connectivity index is 1.53. The van der Waals surface area contributed by atoms with E-state index >= 15 is 0 Å². The number of halogens is 1. The largest absolute Gasteiger partial charge is 0.490 e. The fourth-order valence-corrected chi connectivity index (χ4v) is 5.00. The average Bonchev–Trinajstić information content (AvgIpc) is 2.69. The number of rotatable bonds is 6. The lowest BCUT2D eigenvalue weighted by Gasteiger charge is -2.34. The number of nitrogens with zero attached hydrogens (tertiary/aromatic N) is 2. The topological polar surface area (TPSA) is 66.9 Å². The maximum absolute atomic E-state index is 13.5. The molecule has 0 aliphatic carbocycles. The summed E-state index contributed by atoms with van der Waals surface area (Å²) < 4.78 is 46.1. The third-order valence-corrected chi connectivity index (χ3v) is 7.01. The van der Waals surface area contributed by atoms with Gasteiger partial charge in [-0.25, -0.2) is 12.8 Å². The molecule has 1 fully saturated rings. The Morgan fingerprint density at radius 3 is 2.41 bits per heavy atom. The number of hydrogen-bond acceptors (Lipinski definition) is 4. The molecule has 2 aromatic rings. The number of sulfonamides is 1. The van der Waals surface area contributed by atoms with E-state index < -0.39 is 15.8 Å². The summed E-state index contributed by atoms with van der Waals surface area (Å²) in [7, 11) is -3.59. The normalized spacial score (nSPS) is 15.3. The van der Waals surface area contributed by atoms with Crippen molar-refractivity contribution >= 4 is 15.9 Å². The van der Waals surface area contributed by atoms with Crippen LogP contribution in [0.15, 0.2) is 47.4 Å². The van der Waals surface area contributed by atoms with Crippen molar-refractivity contribution in [2.45, 2.75) is 25.2 Å². The minimum absolute atomic E-state index is 0.0703. The molecule has 0 N–H and O–H groups in total. The smallest absolute Gasteiger partial charge is 0.243 e. The number of carbonyl (C=O) groups excluding carboxylic acids is 1. The van der Waals surface area contributed by atoms with Crippen LogP contribution in [0.1, 0.15) is 17.5 Å². The van der Waals surface area contributed by atoms with Crippen LogP contribution in [0.3, 0.4) is 0 Å². The van der Waals surface area contributed by atoms with Gasteiger partial charge in [0.2, 0.25) is 15.9 Å². The van der Waals surface area contributed by atoms with Gasteiger partial charge in [-0.1, -0.05) is 29.8 Å². The van der Waals surface area contributed by atoms with Crippen LogP contribution in [0, 0.1) is 19.7 Å². The highest BCUT2D eigenvalue weighted by Crippen LogP contribution is 2.22. The third-order valence-electron chi connectivity index (χ3n) is 4.95. The number of amides is 1. The van der Waals surface area contributed by atoms with Crippen LogP contribution in [0.2, 0.25) is 0 Å². The number of para-hydroxylation sites is 1. The molecule has 1 saturated heterocycles. The van der Waals surface area contributed by atoms with Gasteiger partial charge < -0.3 is 9.64 Å². The summed E-state index contributed by atoms with van der Waals surface area (Å²) in [6.07, 6.45) is 0.109. The Morgan fingerprint density at radius 2 is 1.76 bits per heavy atom. The molecule has 1 amide bonds. The standard InChI is InChI=1S/C21H25FN2O4S/c1-16-7-8-20(17(2)15-16)29(26,27)24-12-10-23(11-13-24)21(25)9-14-28-19-6-4-3-5-18(19)22/h3-8,15H,9-14H2,1-2H3. The lowest BCUT2D eigenvalue weighted by Crippen LogP contribution is -2.50. The third kappa shape index (κ3) is 4.94. The number of piperazine rings is 1. The molecule has 156 valence electrons. The quantitative estimate of drug-likeness (QED) is 0.721. The van der Waals surface area contributed by atoms with Gasteiger partial charge >= 0.3 is 0 Å². The van der Waals surface area contributed by atoms with Gasteiger partial charge in [-0.05, 0) is 37.6 Å². The van der Waals surface area contributed by atoms with Crippen molar-refractivity contribution in [1.82, 2.24) is 9.21 Å². The molecule has 2 aromatic carbocycles. The fraction of sp³-hybridized carbons (Fsp3) is 0.381. The van der Waals surface area contributed by atoms with Gasteiger partial charge in [0.15, 0.2) is 11.6 Å². The maximum atomic E-state index is 13.5. The zero-order chi connectivity index (χ0) is 21.0. The maximum Gasteiger partial charge on any atom is 0.243 e. The van der Waals surface area contributed by atoms with Crippen LogP contribution >= 0.6 is 0 Å². The van der Waals surface area contributed by atoms with Crippen molar-refractivity contribution in [3.8, 4) is 5.75 Å². The molecule has 0 radical (unpaired) electrons. The Morgan fingerprint density at radius 1 is 1.07 bits per heavy atom. The first kappa shape index (κ1) is 21.3. The van der Waals surface area contributed by atoms with Gasteiger partial charge in [0, 0.05) is 26.2 Å². The van der Waals surface area contributed by atoms with E-state index in [-0.39, 0.29) is 37.8 Å². The SMILES string of the molecule is Cc1ccc(S(=O)(=O)N2CCN(C(=O)CCOc3ccccc3F)CC2)c(C)c1. The molecule has 0 atom stereocenters. The summed E-state index contributed by atoms with van der Waals surface area (Å²) in [5, 5.41) is 0. The molecule has 0 bridgehead atoms. The molecule has 8 heteroatoms. The molecule has 6 nitrogen and oxygen atoms in total. The number of benzene rings is 2. The molecular formula is C21H25FN2O4S. The van der Waals surface area contributed by atoms with E-state index in [0.29, 0.717) is 23.5 Å². The number of carbonyl (C=O) groups is 1. The first-order valence-corrected chi connectivity index (χ1v) is 11.0. The van der Waals surface area contributed by atoms with E-state index in [9.17, 15) is 17.6 Å². The minimum atomic E-state index is -3.59. The summed E-state index contributed by atoms with van der Waals surface area (Å²) in [5.74, 6) is -0.486. The predicted octanol–water partition coefficient (Wildman–Crippen LogP) is 2.74. The van der Waals surface area contributed by atoms with Crippen molar-refractivity contribution in [2.75, 3.05) is 32.8 Å². The summed E-state index contributed by atoms with van der Waals surface area (Å²) in [4.78, 5) is 14.3. The van der Waals surface area contributed by atoms with Crippen LogP contribution in [-0.4, -0.2) is 56.3 Å². The van der Waals surface area contributed by atoms with E-state index in [1.165, 1.54) is 16.4 Å². The minimum Gasteiger partial charge on any atom is -0.490 e. The van der Waals surface area contributed by atoms with E-state index in [0.717, 1.165) is 5.56 Å². The molecule has 1 heterocycles. The molecule has 1 aliphatic heterocycles. The second-order valence-electron chi connectivity index (χ2n) is 7.08. The average molecular weight is 421 g/mol. The molecule has 29 heavy (non-hydrogen) atoms. The molecule has 0 aromatic heterocycles. The van der Waals surface area contributed by atoms with E-state index in [4.69, 9.17) is 4.74 Å². The summed E-state index contributed by atoms with van der Waals surface area (Å²) in [6.45, 7) is 4.91.